The zero-order chi connectivity index (χ0) is 23.2. The van der Waals surface area contributed by atoms with Gasteiger partial charge in [0.25, 0.3) is 5.91 Å². The highest BCUT2D eigenvalue weighted by molar-refractivity contribution is 5.97. The summed E-state index contributed by atoms with van der Waals surface area (Å²) < 4.78 is 11.7. The van der Waals surface area contributed by atoms with Crippen LogP contribution in [0.5, 0.6) is 11.5 Å². The van der Waals surface area contributed by atoms with Gasteiger partial charge in [-0.05, 0) is 31.3 Å². The molecule has 0 radical (unpaired) electrons. The third-order valence-electron chi connectivity index (χ3n) is 6.61. The molecule has 4 rings (SSSR count). The molecule has 2 fully saturated rings. The van der Waals surface area contributed by atoms with E-state index in [0.717, 1.165) is 31.9 Å². The Morgan fingerprint density at radius 3 is 2.33 bits per heavy atom. The lowest BCUT2D eigenvalue weighted by Gasteiger charge is -2.40. The minimum absolute atomic E-state index is 0.0670. The summed E-state index contributed by atoms with van der Waals surface area (Å²) >= 11 is 0. The Hall–Kier alpha value is -3.06. The molecular weight excluding hydrogens is 418 g/mol. The number of amides is 2. The van der Waals surface area contributed by atoms with Gasteiger partial charge in [-0.25, -0.2) is 0 Å². The van der Waals surface area contributed by atoms with Crippen LogP contribution in [0, 0.1) is 5.92 Å². The van der Waals surface area contributed by atoms with Gasteiger partial charge in [-0.2, -0.15) is 0 Å². The van der Waals surface area contributed by atoms with Gasteiger partial charge >= 0.3 is 0 Å². The molecule has 2 saturated heterocycles. The Kier molecular flexibility index (Phi) is 7.50. The van der Waals surface area contributed by atoms with Crippen LogP contribution >= 0.6 is 0 Å². The van der Waals surface area contributed by atoms with Crippen LogP contribution in [0.25, 0.3) is 0 Å². The second-order valence-electron chi connectivity index (χ2n) is 8.86. The van der Waals surface area contributed by atoms with Crippen molar-refractivity contribution in [2.75, 3.05) is 53.4 Å². The van der Waals surface area contributed by atoms with Crippen LogP contribution in [-0.2, 0) is 4.79 Å². The fourth-order valence-corrected chi connectivity index (χ4v) is 4.62. The highest BCUT2D eigenvalue weighted by atomic mass is 16.5. The number of benzene rings is 2. The van der Waals surface area contributed by atoms with Crippen molar-refractivity contribution >= 4 is 11.8 Å². The number of carbonyl (C=O) groups is 2. The number of hydrogen-bond donors (Lipinski definition) is 0. The van der Waals surface area contributed by atoms with E-state index in [0.29, 0.717) is 37.2 Å². The second kappa shape index (κ2) is 10.7. The molecule has 2 aliphatic rings. The number of likely N-dealkylation sites (N-methyl/N-ethyl adjacent to an activating group) is 1. The number of ether oxygens (including phenoxy) is 2. The number of nitrogens with zero attached hydrogens (tertiary/aromatic N) is 3. The van der Waals surface area contributed by atoms with E-state index in [1.54, 1.807) is 19.2 Å². The van der Waals surface area contributed by atoms with Crippen LogP contribution in [0.3, 0.4) is 0 Å². The van der Waals surface area contributed by atoms with Gasteiger partial charge in [0.15, 0.2) is 0 Å². The van der Waals surface area contributed by atoms with Gasteiger partial charge in [-0.15, -0.1) is 0 Å². The molecule has 2 amide bonds. The predicted molar refractivity (Wildman–Crippen MR) is 127 cm³/mol. The molecule has 0 N–H and O–H groups in total. The van der Waals surface area contributed by atoms with Crippen molar-refractivity contribution in [3.05, 3.63) is 60.2 Å². The van der Waals surface area contributed by atoms with E-state index in [-0.39, 0.29) is 23.8 Å². The van der Waals surface area contributed by atoms with Crippen molar-refractivity contribution in [2.24, 2.45) is 5.92 Å². The third-order valence-corrected chi connectivity index (χ3v) is 6.61. The molecular formula is C26H33N3O4. The van der Waals surface area contributed by atoms with Crippen LogP contribution in [0.4, 0.5) is 0 Å². The topological polar surface area (TPSA) is 62.3 Å². The van der Waals surface area contributed by atoms with E-state index in [9.17, 15) is 9.59 Å². The smallest absolute Gasteiger partial charge is 0.257 e. The monoisotopic (exact) mass is 451 g/mol. The summed E-state index contributed by atoms with van der Waals surface area (Å²) in [5.74, 6) is 1.35. The van der Waals surface area contributed by atoms with Crippen molar-refractivity contribution in [3.8, 4) is 11.5 Å². The molecule has 0 unspecified atom stereocenters. The maximum Gasteiger partial charge on any atom is 0.257 e. The van der Waals surface area contributed by atoms with Gasteiger partial charge in [-0.1, -0.05) is 30.3 Å². The molecule has 0 bridgehead atoms. The molecule has 7 nitrogen and oxygen atoms in total. The molecule has 2 atom stereocenters. The number of para-hydroxylation sites is 2. The minimum atomic E-state index is -0.120. The highest BCUT2D eigenvalue weighted by Gasteiger charge is 2.36. The number of piperidine rings is 1. The van der Waals surface area contributed by atoms with E-state index in [4.69, 9.17) is 9.47 Å². The highest BCUT2D eigenvalue weighted by Crippen LogP contribution is 2.29. The van der Waals surface area contributed by atoms with Crippen LogP contribution < -0.4 is 9.47 Å². The lowest BCUT2D eigenvalue weighted by molar-refractivity contribution is -0.135. The quantitative estimate of drug-likeness (QED) is 0.676. The summed E-state index contributed by atoms with van der Waals surface area (Å²) in [7, 11) is 3.65. The molecule has 176 valence electrons. The summed E-state index contributed by atoms with van der Waals surface area (Å²) in [6.45, 7) is 4.32. The first kappa shape index (κ1) is 23.1. The molecule has 0 saturated carbocycles. The molecule has 33 heavy (non-hydrogen) atoms. The minimum Gasteiger partial charge on any atom is -0.496 e. The van der Waals surface area contributed by atoms with Gasteiger partial charge in [0.1, 0.15) is 17.6 Å². The number of hydrogen-bond acceptors (Lipinski definition) is 5. The van der Waals surface area contributed by atoms with E-state index in [1.807, 2.05) is 52.3 Å². The molecule has 2 aromatic carbocycles. The van der Waals surface area contributed by atoms with Crippen LogP contribution in [0.2, 0.25) is 0 Å². The Bertz CT molecular complexity index is 944. The van der Waals surface area contributed by atoms with Crippen LogP contribution in [0.1, 0.15) is 23.2 Å². The van der Waals surface area contributed by atoms with Gasteiger partial charge in [0, 0.05) is 58.0 Å². The molecule has 2 heterocycles. The maximum absolute atomic E-state index is 13.3. The lowest BCUT2D eigenvalue weighted by atomic mass is 9.90. The first-order valence-corrected chi connectivity index (χ1v) is 11.7. The van der Waals surface area contributed by atoms with Gasteiger partial charge in [-0.3, -0.25) is 9.59 Å². The van der Waals surface area contributed by atoms with Gasteiger partial charge < -0.3 is 24.2 Å². The molecule has 7 heteroatoms. The standard InChI is InChI=1S/C26H33N3O4/c1-27-14-16-28(17-15-27)25(30)18-20-19-29(26(31)22-10-6-7-11-24(22)32-2)13-12-23(20)33-21-8-4-3-5-9-21/h3-11,20,23H,12-19H2,1-2H3/t20-,23-/m0/s1. The van der Waals surface area contributed by atoms with Gasteiger partial charge in [0.05, 0.1) is 12.7 Å². The lowest BCUT2D eigenvalue weighted by Crippen LogP contribution is -2.51. The number of rotatable bonds is 6. The predicted octanol–water partition coefficient (Wildman–Crippen LogP) is 2.77. The number of piperazine rings is 1. The van der Waals surface area contributed by atoms with Crippen LogP contribution in [-0.4, -0.2) is 86.0 Å². The molecule has 2 aliphatic heterocycles. The van der Waals surface area contributed by atoms with E-state index < -0.39 is 0 Å². The molecule has 0 aliphatic carbocycles. The zero-order valence-corrected chi connectivity index (χ0v) is 19.5. The Labute approximate surface area is 195 Å². The van der Waals surface area contributed by atoms with Crippen molar-refractivity contribution in [1.82, 2.24) is 14.7 Å². The Balaban J connectivity index is 1.49. The molecule has 0 spiro atoms. The normalized spacial score (nSPS) is 21.5. The summed E-state index contributed by atoms with van der Waals surface area (Å²) in [5.41, 5.74) is 0.548. The van der Waals surface area contributed by atoms with E-state index in [2.05, 4.69) is 11.9 Å². The largest absolute Gasteiger partial charge is 0.496 e. The molecule has 2 aromatic rings. The summed E-state index contributed by atoms with van der Waals surface area (Å²) in [6.07, 6.45) is 0.929. The van der Waals surface area contributed by atoms with Crippen molar-refractivity contribution < 1.29 is 19.1 Å². The van der Waals surface area contributed by atoms with Crippen molar-refractivity contribution in [1.29, 1.82) is 0 Å². The first-order chi connectivity index (χ1) is 16.0. The van der Waals surface area contributed by atoms with E-state index >= 15 is 0 Å². The van der Waals surface area contributed by atoms with E-state index in [1.165, 1.54) is 0 Å². The van der Waals surface area contributed by atoms with Crippen LogP contribution in [0.15, 0.2) is 54.6 Å². The summed E-state index contributed by atoms with van der Waals surface area (Å²) in [6, 6.07) is 17.0. The average molecular weight is 452 g/mol. The average Bonchev–Trinajstić information content (AvgIpc) is 2.85. The third kappa shape index (κ3) is 5.66. The van der Waals surface area contributed by atoms with Crippen molar-refractivity contribution in [3.63, 3.8) is 0 Å². The fraction of sp³-hybridized carbons (Fsp3) is 0.462. The Morgan fingerprint density at radius 2 is 1.61 bits per heavy atom. The molecule has 0 aromatic heterocycles. The maximum atomic E-state index is 13.3. The number of methoxy groups -OCH3 is 1. The summed E-state index contributed by atoms with van der Waals surface area (Å²) in [4.78, 5) is 32.5. The number of carbonyl (C=O) groups excluding carboxylic acids is 2. The van der Waals surface area contributed by atoms with Crippen molar-refractivity contribution in [2.45, 2.75) is 18.9 Å². The summed E-state index contributed by atoms with van der Waals surface area (Å²) in [5, 5.41) is 0. The zero-order valence-electron chi connectivity index (χ0n) is 19.5. The Morgan fingerprint density at radius 1 is 0.909 bits per heavy atom. The second-order valence-corrected chi connectivity index (χ2v) is 8.86. The number of likely N-dealkylation sites (tertiary alicyclic amines) is 1. The SMILES string of the molecule is COc1ccccc1C(=O)N1CC[C@H](Oc2ccccc2)[C@@H](CC(=O)N2CCN(C)CC2)C1. The first-order valence-electron chi connectivity index (χ1n) is 11.7. The van der Waals surface area contributed by atoms with Gasteiger partial charge in [0.2, 0.25) is 5.91 Å². The fourth-order valence-electron chi connectivity index (χ4n) is 4.62.